The highest BCUT2D eigenvalue weighted by atomic mass is 35.5. The molecule has 1 aliphatic rings. The van der Waals surface area contributed by atoms with Gasteiger partial charge in [-0.1, -0.05) is 34.4 Å². The van der Waals surface area contributed by atoms with Gasteiger partial charge in [0.2, 0.25) is 11.8 Å². The number of carbonyl (C=O) groups excluding carboxylic acids is 2. The first-order valence-electron chi connectivity index (χ1n) is 6.95. The summed E-state index contributed by atoms with van der Waals surface area (Å²) in [6.07, 6.45) is 0.469. The number of benzene rings is 1. The lowest BCUT2D eigenvalue weighted by molar-refractivity contribution is -0.122. The summed E-state index contributed by atoms with van der Waals surface area (Å²) in [6, 6.07) is 6.56. The third-order valence-electron chi connectivity index (χ3n) is 3.55. The molecule has 0 aliphatic heterocycles. The molecule has 0 spiro atoms. The highest BCUT2D eigenvalue weighted by Crippen LogP contribution is 2.41. The minimum Gasteiger partial charge on any atom is -0.360 e. The molecule has 2 atom stereocenters. The van der Waals surface area contributed by atoms with Crippen molar-refractivity contribution in [2.75, 3.05) is 10.6 Å². The van der Waals surface area contributed by atoms with Crippen molar-refractivity contribution in [1.82, 2.24) is 5.16 Å². The molecule has 0 bridgehead atoms. The van der Waals surface area contributed by atoms with Crippen molar-refractivity contribution in [3.8, 4) is 0 Å². The fourth-order valence-corrected chi connectivity index (χ4v) is 2.74. The Kier molecular flexibility index (Phi) is 4.28. The van der Waals surface area contributed by atoms with E-state index in [0.29, 0.717) is 33.7 Å². The van der Waals surface area contributed by atoms with Crippen molar-refractivity contribution in [3.05, 3.63) is 40.1 Å². The summed E-state index contributed by atoms with van der Waals surface area (Å²) in [6.45, 7) is 1.73. The second-order valence-corrected chi connectivity index (χ2v) is 6.16. The molecule has 2 amide bonds. The van der Waals surface area contributed by atoms with E-state index in [2.05, 4.69) is 15.8 Å². The maximum atomic E-state index is 12.2. The first-order valence-corrected chi connectivity index (χ1v) is 7.70. The van der Waals surface area contributed by atoms with E-state index in [1.165, 1.54) is 0 Å². The van der Waals surface area contributed by atoms with Crippen LogP contribution in [0.25, 0.3) is 0 Å². The molecule has 23 heavy (non-hydrogen) atoms. The van der Waals surface area contributed by atoms with Gasteiger partial charge in [-0.25, -0.2) is 0 Å². The minimum atomic E-state index is -0.407. The van der Waals surface area contributed by atoms with Crippen molar-refractivity contribution in [2.24, 2.45) is 11.8 Å². The van der Waals surface area contributed by atoms with Crippen LogP contribution in [0.2, 0.25) is 10.0 Å². The molecule has 8 heteroatoms. The first-order chi connectivity index (χ1) is 11.0. The lowest BCUT2D eigenvalue weighted by Gasteiger charge is -2.08. The van der Waals surface area contributed by atoms with Crippen LogP contribution in [0.5, 0.6) is 0 Å². The summed E-state index contributed by atoms with van der Waals surface area (Å²) in [4.78, 5) is 24.3. The fraction of sp³-hybridized carbons (Fsp3) is 0.267. The first kappa shape index (κ1) is 15.8. The third-order valence-corrected chi connectivity index (χ3v) is 4.18. The molecule has 2 aromatic rings. The summed E-state index contributed by atoms with van der Waals surface area (Å²) >= 11 is 12.0. The molecule has 2 unspecified atom stereocenters. The largest absolute Gasteiger partial charge is 0.360 e. The zero-order valence-corrected chi connectivity index (χ0v) is 13.6. The summed E-state index contributed by atoms with van der Waals surface area (Å²) in [5.41, 5.74) is 0.360. The Hall–Kier alpha value is -2.05. The third kappa shape index (κ3) is 3.48. The number of aryl methyl sites for hydroxylation is 1. The van der Waals surface area contributed by atoms with Crippen LogP contribution in [0.4, 0.5) is 11.5 Å². The van der Waals surface area contributed by atoms with E-state index in [0.717, 1.165) is 0 Å². The van der Waals surface area contributed by atoms with Gasteiger partial charge in [-0.2, -0.15) is 0 Å². The summed E-state index contributed by atoms with van der Waals surface area (Å²) in [5.74, 6) is -0.407. The second kappa shape index (κ2) is 6.22. The lowest BCUT2D eigenvalue weighted by Crippen LogP contribution is -2.21. The van der Waals surface area contributed by atoms with Crippen molar-refractivity contribution >= 4 is 46.5 Å². The Bertz CT molecular complexity index is 755. The van der Waals surface area contributed by atoms with Crippen LogP contribution in [0.3, 0.4) is 0 Å². The molecule has 0 radical (unpaired) electrons. The van der Waals surface area contributed by atoms with E-state index in [-0.39, 0.29) is 11.8 Å². The number of halogens is 2. The van der Waals surface area contributed by atoms with Crippen molar-refractivity contribution in [1.29, 1.82) is 0 Å². The summed E-state index contributed by atoms with van der Waals surface area (Å²) < 4.78 is 4.87. The molecule has 0 saturated heterocycles. The van der Waals surface area contributed by atoms with Gasteiger partial charge in [-0.05, 0) is 25.5 Å². The predicted octanol–water partition coefficient (Wildman–Crippen LogP) is 3.50. The monoisotopic (exact) mass is 353 g/mol. The highest BCUT2D eigenvalue weighted by Gasteiger charge is 2.48. The van der Waals surface area contributed by atoms with Crippen LogP contribution in [0.1, 0.15) is 12.2 Å². The number of para-hydroxylation sites is 1. The number of rotatable bonds is 4. The van der Waals surface area contributed by atoms with E-state index in [4.69, 9.17) is 27.7 Å². The number of nitrogens with zero attached hydrogens (tertiary/aromatic N) is 1. The van der Waals surface area contributed by atoms with Gasteiger partial charge in [0.15, 0.2) is 5.82 Å². The molecule has 1 aliphatic carbocycles. The molecule has 1 heterocycles. The Morgan fingerprint density at radius 1 is 1.17 bits per heavy atom. The molecular weight excluding hydrogens is 341 g/mol. The predicted molar refractivity (Wildman–Crippen MR) is 86.6 cm³/mol. The molecule has 1 saturated carbocycles. The van der Waals surface area contributed by atoms with Crippen molar-refractivity contribution in [2.45, 2.75) is 13.3 Å². The number of hydrogen-bond donors (Lipinski definition) is 2. The number of nitrogens with one attached hydrogen (secondary N) is 2. The number of amides is 2. The molecule has 1 aromatic carbocycles. The van der Waals surface area contributed by atoms with Gasteiger partial charge in [-0.3, -0.25) is 9.59 Å². The van der Waals surface area contributed by atoms with Crippen LogP contribution in [-0.4, -0.2) is 17.0 Å². The molecule has 2 N–H and O–H groups in total. The Labute approximate surface area is 142 Å². The smallest absolute Gasteiger partial charge is 0.229 e. The quantitative estimate of drug-likeness (QED) is 0.880. The number of anilines is 2. The summed E-state index contributed by atoms with van der Waals surface area (Å²) in [7, 11) is 0. The van der Waals surface area contributed by atoms with Crippen molar-refractivity contribution < 1.29 is 14.1 Å². The standard InChI is InChI=1S/C15H13Cl2N3O3/c1-7-5-12(20-23-7)18-14(21)8-6-9(8)15(22)19-13-10(16)3-2-4-11(13)17/h2-5,8-9H,6H2,1H3,(H,19,22)(H,18,20,21). The van der Waals surface area contributed by atoms with Gasteiger partial charge in [0.25, 0.3) is 0 Å². The fourth-order valence-electron chi connectivity index (χ4n) is 2.25. The van der Waals surface area contributed by atoms with Crippen LogP contribution in [0, 0.1) is 18.8 Å². The maximum Gasteiger partial charge on any atom is 0.229 e. The van der Waals surface area contributed by atoms with E-state index in [9.17, 15) is 9.59 Å². The molecule has 3 rings (SSSR count). The van der Waals surface area contributed by atoms with E-state index < -0.39 is 11.8 Å². The van der Waals surface area contributed by atoms with Gasteiger partial charge in [0, 0.05) is 6.07 Å². The Morgan fingerprint density at radius 2 is 1.78 bits per heavy atom. The highest BCUT2D eigenvalue weighted by molar-refractivity contribution is 6.39. The average Bonchev–Trinajstić information content (AvgIpc) is 3.21. The zero-order valence-electron chi connectivity index (χ0n) is 12.1. The molecule has 1 aromatic heterocycles. The van der Waals surface area contributed by atoms with E-state index in [1.54, 1.807) is 31.2 Å². The van der Waals surface area contributed by atoms with Crippen LogP contribution >= 0.6 is 23.2 Å². The van der Waals surface area contributed by atoms with E-state index in [1.807, 2.05) is 0 Å². The van der Waals surface area contributed by atoms with Crippen LogP contribution in [0.15, 0.2) is 28.8 Å². The Balaban J connectivity index is 1.59. The second-order valence-electron chi connectivity index (χ2n) is 5.35. The SMILES string of the molecule is Cc1cc(NC(=O)C2CC2C(=O)Nc2c(Cl)cccc2Cl)no1. The molecular formula is C15H13Cl2N3O3. The normalized spacial score (nSPS) is 19.3. The van der Waals surface area contributed by atoms with E-state index >= 15 is 0 Å². The lowest BCUT2D eigenvalue weighted by atomic mass is 10.2. The molecule has 6 nitrogen and oxygen atoms in total. The van der Waals surface area contributed by atoms with Gasteiger partial charge < -0.3 is 15.2 Å². The number of aromatic nitrogens is 1. The van der Waals surface area contributed by atoms with Gasteiger partial charge in [-0.15, -0.1) is 0 Å². The summed E-state index contributed by atoms with van der Waals surface area (Å²) in [5, 5.41) is 9.69. The van der Waals surface area contributed by atoms with Gasteiger partial charge in [0.1, 0.15) is 5.76 Å². The van der Waals surface area contributed by atoms with Crippen molar-refractivity contribution in [3.63, 3.8) is 0 Å². The van der Waals surface area contributed by atoms with Crippen LogP contribution < -0.4 is 10.6 Å². The molecule has 1 fully saturated rings. The van der Waals surface area contributed by atoms with Gasteiger partial charge >= 0.3 is 0 Å². The minimum absolute atomic E-state index is 0.260. The van der Waals surface area contributed by atoms with Gasteiger partial charge in [0.05, 0.1) is 27.6 Å². The number of hydrogen-bond acceptors (Lipinski definition) is 4. The molecule has 120 valence electrons. The maximum absolute atomic E-state index is 12.2. The average molecular weight is 354 g/mol. The van der Waals surface area contributed by atoms with Crippen LogP contribution in [-0.2, 0) is 9.59 Å². The zero-order chi connectivity index (χ0) is 16.6. The number of carbonyl (C=O) groups is 2. The Morgan fingerprint density at radius 3 is 2.35 bits per heavy atom. The topological polar surface area (TPSA) is 84.2 Å².